The van der Waals surface area contributed by atoms with Crippen LogP contribution in [0.15, 0.2) is 0 Å². The fourth-order valence-corrected chi connectivity index (χ4v) is 1.71. The number of diazo groups is 1. The molecule has 0 aliphatic heterocycles. The van der Waals surface area contributed by atoms with Crippen LogP contribution >= 0.6 is 0 Å². The molecular weight excluding hydrogens is 176 g/mol. The van der Waals surface area contributed by atoms with E-state index in [9.17, 15) is 0 Å². The molecular formula is C11H15N2O+. The molecule has 0 N–H and O–H groups in total. The molecule has 0 fully saturated rings. The van der Waals surface area contributed by atoms with Crippen LogP contribution in [0.3, 0.4) is 0 Å². The lowest BCUT2D eigenvalue weighted by atomic mass is 9.97. The maximum atomic E-state index is 8.90. The second-order valence-electron chi connectivity index (χ2n) is 3.48. The highest BCUT2D eigenvalue weighted by Crippen LogP contribution is 2.36. The fraction of sp³-hybridized carbons (Fsp3) is 0.455. The standard InChI is InChI=1S/C11H15N2O/c1-6-8(3)11(14-5)9(4)7(2)10(6)13-12/h1-5H3/q+1. The number of benzene rings is 1. The number of hydrogen-bond acceptors (Lipinski definition) is 2. The Morgan fingerprint density at radius 2 is 1.36 bits per heavy atom. The normalized spacial score (nSPS) is 9.71. The van der Waals surface area contributed by atoms with Gasteiger partial charge in [-0.1, -0.05) is 0 Å². The Morgan fingerprint density at radius 1 is 0.929 bits per heavy atom. The Bertz CT molecular complexity index is 380. The Balaban J connectivity index is 3.66. The molecule has 1 aromatic carbocycles. The van der Waals surface area contributed by atoms with Crippen LogP contribution in [0.1, 0.15) is 22.3 Å². The van der Waals surface area contributed by atoms with E-state index in [2.05, 4.69) is 4.98 Å². The van der Waals surface area contributed by atoms with Gasteiger partial charge in [-0.05, 0) is 27.7 Å². The van der Waals surface area contributed by atoms with E-state index in [0.717, 1.165) is 28.0 Å². The summed E-state index contributed by atoms with van der Waals surface area (Å²) in [5, 5.41) is 8.90. The first kappa shape index (κ1) is 10.5. The minimum absolute atomic E-state index is 0.654. The lowest BCUT2D eigenvalue weighted by Crippen LogP contribution is -1.96. The molecule has 1 rings (SSSR count). The van der Waals surface area contributed by atoms with E-state index in [1.807, 2.05) is 27.7 Å². The summed E-state index contributed by atoms with van der Waals surface area (Å²) in [7, 11) is 1.66. The smallest absolute Gasteiger partial charge is 0.391 e. The summed E-state index contributed by atoms with van der Waals surface area (Å²) in [5.74, 6) is 0.882. The van der Waals surface area contributed by atoms with Gasteiger partial charge >= 0.3 is 5.69 Å². The summed E-state index contributed by atoms with van der Waals surface area (Å²) in [6, 6.07) is 0. The van der Waals surface area contributed by atoms with E-state index in [1.165, 1.54) is 0 Å². The molecule has 0 saturated carbocycles. The third kappa shape index (κ3) is 1.33. The van der Waals surface area contributed by atoms with Crippen molar-refractivity contribution in [3.05, 3.63) is 27.2 Å². The summed E-state index contributed by atoms with van der Waals surface area (Å²) in [5.41, 5.74) is 4.65. The third-order valence-corrected chi connectivity index (χ3v) is 2.82. The lowest BCUT2D eigenvalue weighted by molar-refractivity contribution is 0.408. The minimum atomic E-state index is 0.654. The zero-order valence-corrected chi connectivity index (χ0v) is 9.30. The number of methoxy groups -OCH3 is 1. The zero-order chi connectivity index (χ0) is 10.9. The summed E-state index contributed by atoms with van der Waals surface area (Å²) in [6.07, 6.45) is 0. The van der Waals surface area contributed by atoms with Crippen molar-refractivity contribution in [2.24, 2.45) is 0 Å². The van der Waals surface area contributed by atoms with Gasteiger partial charge in [0.1, 0.15) is 5.75 Å². The number of rotatable bonds is 1. The molecule has 0 unspecified atom stereocenters. The second kappa shape index (κ2) is 3.67. The van der Waals surface area contributed by atoms with Crippen LogP contribution in [0, 0.1) is 33.1 Å². The van der Waals surface area contributed by atoms with E-state index in [4.69, 9.17) is 10.1 Å². The molecule has 0 saturated heterocycles. The topological polar surface area (TPSA) is 37.4 Å². The molecule has 0 radical (unpaired) electrons. The van der Waals surface area contributed by atoms with Crippen molar-refractivity contribution in [1.82, 2.24) is 0 Å². The largest absolute Gasteiger partial charge is 0.496 e. The summed E-state index contributed by atoms with van der Waals surface area (Å²) < 4.78 is 5.31. The third-order valence-electron chi connectivity index (χ3n) is 2.82. The van der Waals surface area contributed by atoms with Gasteiger partial charge in [-0.3, -0.25) is 0 Å². The first-order chi connectivity index (χ1) is 6.54. The maximum absolute atomic E-state index is 8.90. The monoisotopic (exact) mass is 191 g/mol. The Morgan fingerprint density at radius 3 is 1.64 bits per heavy atom. The van der Waals surface area contributed by atoms with Crippen LogP contribution in [0.5, 0.6) is 5.75 Å². The highest BCUT2D eigenvalue weighted by Gasteiger charge is 2.23. The Hall–Kier alpha value is -1.56. The Kier molecular flexibility index (Phi) is 2.76. The quantitative estimate of drug-likeness (QED) is 0.638. The van der Waals surface area contributed by atoms with E-state index in [1.54, 1.807) is 7.11 Å². The van der Waals surface area contributed by atoms with Crippen LogP contribution in [-0.4, -0.2) is 7.11 Å². The van der Waals surface area contributed by atoms with Crippen LogP contribution in [0.4, 0.5) is 5.69 Å². The lowest BCUT2D eigenvalue weighted by Gasteiger charge is -2.11. The van der Waals surface area contributed by atoms with E-state index in [0.29, 0.717) is 5.69 Å². The summed E-state index contributed by atoms with van der Waals surface area (Å²) in [4.78, 5) is 3.31. The molecule has 0 heterocycles. The van der Waals surface area contributed by atoms with E-state index < -0.39 is 0 Å². The molecule has 0 amide bonds. The molecule has 1 aromatic rings. The SMILES string of the molecule is COc1c(C)c(C)c([N+]#N)c(C)c1C. The van der Waals surface area contributed by atoms with Gasteiger partial charge in [-0.15, -0.1) is 0 Å². The van der Waals surface area contributed by atoms with Crippen molar-refractivity contribution in [3.8, 4) is 5.75 Å². The number of nitrogens with zero attached hydrogens (tertiary/aromatic N) is 2. The highest BCUT2D eigenvalue weighted by atomic mass is 16.5. The van der Waals surface area contributed by atoms with Crippen LogP contribution in [0.25, 0.3) is 4.98 Å². The van der Waals surface area contributed by atoms with Crippen molar-refractivity contribution < 1.29 is 4.74 Å². The molecule has 3 nitrogen and oxygen atoms in total. The van der Waals surface area contributed by atoms with Crippen molar-refractivity contribution in [2.45, 2.75) is 27.7 Å². The van der Waals surface area contributed by atoms with Crippen molar-refractivity contribution >= 4 is 5.69 Å². The van der Waals surface area contributed by atoms with Crippen molar-refractivity contribution in [1.29, 1.82) is 5.39 Å². The van der Waals surface area contributed by atoms with Gasteiger partial charge in [0.25, 0.3) is 0 Å². The summed E-state index contributed by atoms with van der Waals surface area (Å²) >= 11 is 0. The molecule has 0 aliphatic carbocycles. The average Bonchev–Trinajstić information content (AvgIpc) is 2.17. The molecule has 0 aromatic heterocycles. The van der Waals surface area contributed by atoms with Gasteiger partial charge in [-0.2, -0.15) is 0 Å². The second-order valence-corrected chi connectivity index (χ2v) is 3.48. The van der Waals surface area contributed by atoms with E-state index in [-0.39, 0.29) is 0 Å². The van der Waals surface area contributed by atoms with Gasteiger partial charge in [0.2, 0.25) is 5.39 Å². The number of ether oxygens (including phenoxy) is 1. The molecule has 0 bridgehead atoms. The predicted molar refractivity (Wildman–Crippen MR) is 56.7 cm³/mol. The number of hydrogen-bond donors (Lipinski definition) is 0. The van der Waals surface area contributed by atoms with Crippen molar-refractivity contribution in [2.75, 3.05) is 7.11 Å². The van der Waals surface area contributed by atoms with Crippen LogP contribution in [0.2, 0.25) is 0 Å². The predicted octanol–water partition coefficient (Wildman–Crippen LogP) is 3.41. The first-order valence-electron chi connectivity index (χ1n) is 4.54. The first-order valence-corrected chi connectivity index (χ1v) is 4.54. The van der Waals surface area contributed by atoms with Crippen LogP contribution < -0.4 is 4.74 Å². The minimum Gasteiger partial charge on any atom is -0.496 e. The molecule has 14 heavy (non-hydrogen) atoms. The summed E-state index contributed by atoms with van der Waals surface area (Å²) in [6.45, 7) is 7.79. The van der Waals surface area contributed by atoms with E-state index >= 15 is 0 Å². The maximum Gasteiger partial charge on any atom is 0.391 e. The van der Waals surface area contributed by atoms with Gasteiger partial charge in [0, 0.05) is 11.1 Å². The molecule has 0 spiro atoms. The average molecular weight is 191 g/mol. The zero-order valence-electron chi connectivity index (χ0n) is 9.30. The van der Waals surface area contributed by atoms with Gasteiger partial charge in [0.05, 0.1) is 18.2 Å². The Labute approximate surface area is 84.3 Å². The van der Waals surface area contributed by atoms with Crippen molar-refractivity contribution in [3.63, 3.8) is 0 Å². The fourth-order valence-electron chi connectivity index (χ4n) is 1.71. The van der Waals surface area contributed by atoms with Gasteiger partial charge < -0.3 is 4.74 Å². The molecule has 74 valence electrons. The molecule has 0 atom stereocenters. The highest BCUT2D eigenvalue weighted by molar-refractivity contribution is 5.67. The molecule has 0 aliphatic rings. The van der Waals surface area contributed by atoms with Crippen LogP contribution in [-0.2, 0) is 0 Å². The van der Waals surface area contributed by atoms with Gasteiger partial charge in [-0.25, -0.2) is 0 Å². The molecule has 3 heteroatoms. The van der Waals surface area contributed by atoms with Gasteiger partial charge in [0.15, 0.2) is 4.98 Å².